The number of nitrogen functional groups attached to an aromatic ring is 1. The SMILES string of the molecule is Nc1c(S)cc(CC2CO2)c(CC2CO2)c1CC1CO1. The predicted octanol–water partition coefficient (Wildman–Crippen LogP) is 1.38. The van der Waals surface area contributed by atoms with Crippen LogP contribution in [0.4, 0.5) is 5.69 Å². The van der Waals surface area contributed by atoms with Gasteiger partial charge in [-0.3, -0.25) is 0 Å². The van der Waals surface area contributed by atoms with Crippen LogP contribution in [-0.2, 0) is 33.5 Å². The molecule has 0 bridgehead atoms. The number of ether oxygens (including phenoxy) is 3. The maximum atomic E-state index is 6.27. The number of benzene rings is 1. The van der Waals surface area contributed by atoms with Crippen LogP contribution in [0.5, 0.6) is 0 Å². The third-order valence-electron chi connectivity index (χ3n) is 4.18. The highest BCUT2D eigenvalue weighted by Gasteiger charge is 2.32. The Balaban J connectivity index is 1.71. The molecule has 2 N–H and O–H groups in total. The number of rotatable bonds is 6. The molecule has 1 aromatic rings. The minimum atomic E-state index is 0.330. The van der Waals surface area contributed by atoms with Crippen molar-refractivity contribution in [1.82, 2.24) is 0 Å². The van der Waals surface area contributed by atoms with E-state index in [1.54, 1.807) is 0 Å². The molecule has 0 amide bonds. The highest BCUT2D eigenvalue weighted by Crippen LogP contribution is 2.35. The Morgan fingerprint density at radius 1 is 0.950 bits per heavy atom. The Labute approximate surface area is 124 Å². The monoisotopic (exact) mass is 293 g/mol. The summed E-state index contributed by atoms with van der Waals surface area (Å²) in [5, 5.41) is 0. The summed E-state index contributed by atoms with van der Waals surface area (Å²) in [7, 11) is 0. The molecule has 3 aliphatic rings. The van der Waals surface area contributed by atoms with Gasteiger partial charge in [0.05, 0.1) is 38.1 Å². The average molecular weight is 293 g/mol. The second-order valence-corrected chi connectivity index (χ2v) is 6.39. The van der Waals surface area contributed by atoms with E-state index in [1.165, 1.54) is 16.7 Å². The Bertz CT molecular complexity index is 536. The molecule has 3 saturated heterocycles. The molecule has 20 heavy (non-hydrogen) atoms. The zero-order valence-electron chi connectivity index (χ0n) is 11.3. The van der Waals surface area contributed by atoms with Crippen LogP contribution >= 0.6 is 12.6 Å². The van der Waals surface area contributed by atoms with Crippen molar-refractivity contribution in [3.63, 3.8) is 0 Å². The van der Waals surface area contributed by atoms with E-state index in [0.29, 0.717) is 18.3 Å². The zero-order chi connectivity index (χ0) is 13.7. The summed E-state index contributed by atoms with van der Waals surface area (Å²) in [6.07, 6.45) is 3.85. The Hall–Kier alpha value is -0.750. The van der Waals surface area contributed by atoms with Crippen molar-refractivity contribution in [3.8, 4) is 0 Å². The first kappa shape index (κ1) is 13.0. The number of hydrogen-bond acceptors (Lipinski definition) is 5. The number of anilines is 1. The third kappa shape index (κ3) is 2.81. The first-order valence-electron chi connectivity index (χ1n) is 7.17. The van der Waals surface area contributed by atoms with Crippen LogP contribution in [0, 0.1) is 0 Å². The van der Waals surface area contributed by atoms with E-state index < -0.39 is 0 Å². The van der Waals surface area contributed by atoms with Crippen molar-refractivity contribution < 1.29 is 14.2 Å². The summed E-state index contributed by atoms with van der Waals surface area (Å²) in [6.45, 7) is 2.57. The van der Waals surface area contributed by atoms with Crippen molar-refractivity contribution in [2.75, 3.05) is 25.6 Å². The van der Waals surface area contributed by atoms with Crippen LogP contribution in [0.1, 0.15) is 16.7 Å². The van der Waals surface area contributed by atoms with Gasteiger partial charge in [0, 0.05) is 29.8 Å². The quantitative estimate of drug-likeness (QED) is 0.472. The highest BCUT2D eigenvalue weighted by atomic mass is 32.1. The molecule has 3 heterocycles. The predicted molar refractivity (Wildman–Crippen MR) is 78.4 cm³/mol. The van der Waals surface area contributed by atoms with E-state index in [-0.39, 0.29) is 0 Å². The summed E-state index contributed by atoms with van der Waals surface area (Å²) in [6, 6.07) is 2.11. The maximum absolute atomic E-state index is 6.27. The minimum Gasteiger partial charge on any atom is -0.398 e. The number of hydrogen-bond donors (Lipinski definition) is 2. The van der Waals surface area contributed by atoms with E-state index >= 15 is 0 Å². The third-order valence-corrected chi connectivity index (χ3v) is 4.55. The first-order chi connectivity index (χ1) is 9.70. The molecule has 5 heteroatoms. The van der Waals surface area contributed by atoms with Crippen LogP contribution in [0.3, 0.4) is 0 Å². The van der Waals surface area contributed by atoms with Gasteiger partial charge in [0.15, 0.2) is 0 Å². The average Bonchev–Trinajstić information content (AvgIpc) is 3.22. The zero-order valence-corrected chi connectivity index (χ0v) is 12.2. The fourth-order valence-electron chi connectivity index (χ4n) is 2.77. The molecule has 3 unspecified atom stereocenters. The van der Waals surface area contributed by atoms with Crippen molar-refractivity contribution in [1.29, 1.82) is 0 Å². The topological polar surface area (TPSA) is 63.6 Å². The summed E-state index contributed by atoms with van der Waals surface area (Å²) < 4.78 is 16.2. The van der Waals surface area contributed by atoms with Gasteiger partial charge in [0.2, 0.25) is 0 Å². The van der Waals surface area contributed by atoms with Gasteiger partial charge >= 0.3 is 0 Å². The molecule has 3 fully saturated rings. The van der Waals surface area contributed by atoms with Gasteiger partial charge in [-0.1, -0.05) is 0 Å². The van der Waals surface area contributed by atoms with Gasteiger partial charge in [-0.2, -0.15) is 0 Å². The second-order valence-electron chi connectivity index (χ2n) is 5.90. The van der Waals surface area contributed by atoms with Gasteiger partial charge < -0.3 is 19.9 Å². The largest absolute Gasteiger partial charge is 0.398 e. The van der Waals surface area contributed by atoms with Gasteiger partial charge in [-0.15, -0.1) is 12.6 Å². The van der Waals surface area contributed by atoms with Crippen LogP contribution < -0.4 is 5.73 Å². The summed E-state index contributed by atoms with van der Waals surface area (Å²) in [5.41, 5.74) is 10.9. The molecule has 0 spiro atoms. The highest BCUT2D eigenvalue weighted by molar-refractivity contribution is 7.80. The fourth-order valence-corrected chi connectivity index (χ4v) is 3.06. The normalized spacial score (nSPS) is 30.4. The standard InChI is InChI=1S/C15H19NO3S/c16-15-13(4-11-7-19-11)12(3-10-6-18-10)8(2-14(15)20)1-9-5-17-9/h2,9-11,20H,1,3-7,16H2. The molecule has 3 aliphatic heterocycles. The van der Waals surface area contributed by atoms with Gasteiger partial charge in [0.1, 0.15) is 0 Å². The molecular weight excluding hydrogens is 274 g/mol. The Morgan fingerprint density at radius 3 is 2.00 bits per heavy atom. The van der Waals surface area contributed by atoms with Gasteiger partial charge in [-0.05, 0) is 22.8 Å². The molecular formula is C15H19NO3S. The molecule has 4 nitrogen and oxygen atoms in total. The van der Waals surface area contributed by atoms with Crippen molar-refractivity contribution in [2.24, 2.45) is 0 Å². The van der Waals surface area contributed by atoms with E-state index in [9.17, 15) is 0 Å². The number of thiol groups is 1. The lowest BCUT2D eigenvalue weighted by Crippen LogP contribution is -2.12. The number of epoxide rings is 3. The van der Waals surface area contributed by atoms with E-state index in [4.69, 9.17) is 19.9 Å². The Morgan fingerprint density at radius 2 is 1.45 bits per heavy atom. The molecule has 0 radical (unpaired) electrons. The summed E-state index contributed by atoms with van der Waals surface area (Å²) in [5.74, 6) is 0. The van der Waals surface area contributed by atoms with Crippen molar-refractivity contribution in [3.05, 3.63) is 22.8 Å². The minimum absolute atomic E-state index is 0.330. The Kier molecular flexibility index (Phi) is 3.18. The number of nitrogens with two attached hydrogens (primary N) is 1. The molecule has 108 valence electrons. The van der Waals surface area contributed by atoms with Crippen LogP contribution in [0.25, 0.3) is 0 Å². The van der Waals surface area contributed by atoms with Crippen molar-refractivity contribution >= 4 is 18.3 Å². The van der Waals surface area contributed by atoms with E-state index in [1.807, 2.05) is 0 Å². The lowest BCUT2D eigenvalue weighted by Gasteiger charge is -2.18. The smallest absolute Gasteiger partial charge is 0.0851 e. The second kappa shape index (κ2) is 4.91. The summed E-state index contributed by atoms with van der Waals surface area (Å²) in [4.78, 5) is 0.872. The molecule has 0 aliphatic carbocycles. The van der Waals surface area contributed by atoms with Crippen LogP contribution in [0.2, 0.25) is 0 Å². The van der Waals surface area contributed by atoms with Crippen LogP contribution in [0.15, 0.2) is 11.0 Å². The van der Waals surface area contributed by atoms with Gasteiger partial charge in [-0.25, -0.2) is 0 Å². The van der Waals surface area contributed by atoms with E-state index in [2.05, 4.69) is 18.7 Å². The lowest BCUT2D eigenvalue weighted by atomic mass is 9.90. The van der Waals surface area contributed by atoms with Gasteiger partial charge in [0.25, 0.3) is 0 Å². The maximum Gasteiger partial charge on any atom is 0.0851 e. The molecule has 0 saturated carbocycles. The van der Waals surface area contributed by atoms with E-state index in [0.717, 1.165) is 49.7 Å². The van der Waals surface area contributed by atoms with Crippen molar-refractivity contribution in [2.45, 2.75) is 42.5 Å². The molecule has 0 aromatic heterocycles. The molecule has 1 aromatic carbocycles. The lowest BCUT2D eigenvalue weighted by molar-refractivity contribution is 0.398. The first-order valence-corrected chi connectivity index (χ1v) is 7.62. The summed E-state index contributed by atoms with van der Waals surface area (Å²) >= 11 is 4.54. The van der Waals surface area contributed by atoms with Crippen LogP contribution in [-0.4, -0.2) is 38.1 Å². The fraction of sp³-hybridized carbons (Fsp3) is 0.600. The molecule has 4 rings (SSSR count). The molecule has 3 atom stereocenters.